The molecule has 15 heavy (non-hydrogen) atoms. The average molecular weight is 224 g/mol. The van der Waals surface area contributed by atoms with Crippen molar-refractivity contribution < 1.29 is 9.59 Å². The molecule has 1 aromatic carbocycles. The van der Waals surface area contributed by atoms with Gasteiger partial charge in [0.15, 0.2) is 0 Å². The molecule has 0 bridgehead atoms. The second kappa shape index (κ2) is 5.98. The third-order valence-electron chi connectivity index (χ3n) is 1.69. The summed E-state index contributed by atoms with van der Waals surface area (Å²) in [5.74, 6) is -0.410. The van der Waals surface area contributed by atoms with Gasteiger partial charge in [-0.2, -0.15) is 0 Å². The highest BCUT2D eigenvalue weighted by molar-refractivity contribution is 6.24. The molecule has 1 amide bonds. The number of carbonyl (C=O) groups is 2. The molecule has 0 saturated carbocycles. The van der Waals surface area contributed by atoms with Crippen LogP contribution in [0.15, 0.2) is 36.4 Å². The van der Waals surface area contributed by atoms with Gasteiger partial charge in [0.2, 0.25) is 0 Å². The number of hydrogen-bond acceptors (Lipinski definition) is 2. The summed E-state index contributed by atoms with van der Waals surface area (Å²) >= 11 is 5.50. The van der Waals surface area contributed by atoms with Crippen molar-refractivity contribution in [1.82, 2.24) is 4.42 Å². The smallest absolute Gasteiger partial charge is 0.261 e. The van der Waals surface area contributed by atoms with Crippen molar-refractivity contribution in [2.45, 2.75) is 0 Å². The second-order valence-electron chi connectivity index (χ2n) is 2.79. The number of amides is 1. The summed E-state index contributed by atoms with van der Waals surface area (Å²) in [6.45, 7) is -0.112. The van der Waals surface area contributed by atoms with Crippen LogP contribution in [0.5, 0.6) is 0 Å². The highest BCUT2D eigenvalue weighted by atomic mass is 35.5. The Hall–Kier alpha value is -1.61. The first-order valence-corrected chi connectivity index (χ1v) is 4.72. The lowest BCUT2D eigenvalue weighted by molar-refractivity contribution is -0.123. The summed E-state index contributed by atoms with van der Waals surface area (Å²) in [4.78, 5) is 21.3. The van der Waals surface area contributed by atoms with Crippen LogP contribution in [0.25, 0.3) is 6.08 Å². The van der Waals surface area contributed by atoms with Crippen LogP contribution < -0.4 is 0 Å². The molecule has 3 nitrogen and oxygen atoms in total. The Labute approximate surface area is 93.1 Å². The molecule has 0 saturated heterocycles. The zero-order valence-corrected chi connectivity index (χ0v) is 8.72. The minimum atomic E-state index is -0.410. The Morgan fingerprint density at radius 3 is 2.60 bits per heavy atom. The van der Waals surface area contributed by atoms with Gasteiger partial charge in [0.05, 0.1) is 6.54 Å². The largest absolute Gasteiger partial charge is 0.301 e. The van der Waals surface area contributed by atoms with Crippen LogP contribution >= 0.6 is 11.8 Å². The van der Waals surface area contributed by atoms with Gasteiger partial charge in [0, 0.05) is 17.9 Å². The molecule has 0 unspecified atom stereocenters. The molecule has 0 fully saturated rings. The maximum absolute atomic E-state index is 11.3. The molecule has 1 aromatic rings. The van der Waals surface area contributed by atoms with Gasteiger partial charge in [-0.3, -0.25) is 4.79 Å². The first-order valence-electron chi connectivity index (χ1n) is 4.38. The average Bonchev–Trinajstić information content (AvgIpc) is 2.27. The fourth-order valence-electron chi connectivity index (χ4n) is 0.968. The van der Waals surface area contributed by atoms with Gasteiger partial charge in [0.25, 0.3) is 5.91 Å². The van der Waals surface area contributed by atoms with E-state index < -0.39 is 5.91 Å². The van der Waals surface area contributed by atoms with Crippen LogP contribution in [-0.2, 0) is 9.59 Å². The minimum absolute atomic E-state index is 0.112. The summed E-state index contributed by atoms with van der Waals surface area (Å²) in [5, 5.41) is 0. The molecule has 0 radical (unpaired) electrons. The van der Waals surface area contributed by atoms with E-state index in [-0.39, 0.29) is 6.54 Å². The van der Waals surface area contributed by atoms with Gasteiger partial charge in [-0.05, 0) is 11.6 Å². The highest BCUT2D eigenvalue weighted by Crippen LogP contribution is 2.02. The molecule has 0 aliphatic heterocycles. The van der Waals surface area contributed by atoms with Gasteiger partial charge in [-0.25, -0.2) is 4.42 Å². The third-order valence-corrected chi connectivity index (χ3v) is 2.00. The number of halogens is 1. The predicted molar refractivity (Wildman–Crippen MR) is 59.1 cm³/mol. The van der Waals surface area contributed by atoms with Crippen molar-refractivity contribution in [3.8, 4) is 0 Å². The predicted octanol–water partition coefficient (Wildman–Crippen LogP) is 1.88. The summed E-state index contributed by atoms with van der Waals surface area (Å²) in [5.41, 5.74) is 0.905. The van der Waals surface area contributed by atoms with Gasteiger partial charge in [-0.1, -0.05) is 30.3 Å². The van der Waals surface area contributed by atoms with Crippen LogP contribution in [0.3, 0.4) is 0 Å². The van der Waals surface area contributed by atoms with Gasteiger partial charge >= 0.3 is 0 Å². The monoisotopic (exact) mass is 223 g/mol. The second-order valence-corrected chi connectivity index (χ2v) is 3.20. The molecule has 0 atom stereocenters. The van der Waals surface area contributed by atoms with Gasteiger partial charge in [0.1, 0.15) is 6.29 Å². The lowest BCUT2D eigenvalue weighted by Gasteiger charge is -2.05. The summed E-state index contributed by atoms with van der Waals surface area (Å²) in [7, 11) is 0. The van der Waals surface area contributed by atoms with E-state index in [0.29, 0.717) is 6.29 Å². The minimum Gasteiger partial charge on any atom is -0.301 e. The Bertz CT molecular complexity index is 362. The number of carbonyl (C=O) groups excluding carboxylic acids is 2. The number of benzene rings is 1. The topological polar surface area (TPSA) is 37.4 Å². The van der Waals surface area contributed by atoms with Crippen molar-refractivity contribution >= 4 is 30.0 Å². The molecule has 4 heteroatoms. The zero-order valence-electron chi connectivity index (χ0n) is 7.97. The van der Waals surface area contributed by atoms with E-state index in [2.05, 4.69) is 0 Å². The van der Waals surface area contributed by atoms with Crippen LogP contribution in [0, 0.1) is 0 Å². The van der Waals surface area contributed by atoms with Crippen molar-refractivity contribution in [2.24, 2.45) is 0 Å². The van der Waals surface area contributed by atoms with Crippen LogP contribution in [0.4, 0.5) is 0 Å². The third kappa shape index (κ3) is 3.95. The molecule has 1 rings (SSSR count). The quantitative estimate of drug-likeness (QED) is 0.444. The van der Waals surface area contributed by atoms with Crippen LogP contribution in [-0.4, -0.2) is 23.2 Å². The van der Waals surface area contributed by atoms with E-state index in [0.717, 1.165) is 9.98 Å². The van der Waals surface area contributed by atoms with E-state index in [4.69, 9.17) is 11.8 Å². The normalized spacial score (nSPS) is 10.2. The van der Waals surface area contributed by atoms with Gasteiger partial charge in [-0.15, -0.1) is 0 Å². The summed E-state index contributed by atoms with van der Waals surface area (Å²) in [6, 6.07) is 9.35. The standard InChI is InChI=1S/C11H10ClNO2/c12-13(8-9-14)11(15)7-6-10-4-2-1-3-5-10/h1-7,9H,8H2/b7-6+. The zero-order chi connectivity index (χ0) is 11.1. The number of aldehydes is 1. The maximum Gasteiger partial charge on any atom is 0.261 e. The van der Waals surface area contributed by atoms with Crippen LogP contribution in [0.1, 0.15) is 5.56 Å². The number of nitrogens with zero attached hydrogens (tertiary/aromatic N) is 1. The molecule has 0 spiro atoms. The Morgan fingerprint density at radius 1 is 1.33 bits per heavy atom. The summed E-state index contributed by atoms with van der Waals surface area (Å²) in [6.07, 6.45) is 3.54. The molecular weight excluding hydrogens is 214 g/mol. The number of rotatable bonds is 4. The van der Waals surface area contributed by atoms with Crippen molar-refractivity contribution in [1.29, 1.82) is 0 Å². The first-order chi connectivity index (χ1) is 7.24. The molecule has 0 aliphatic rings. The van der Waals surface area contributed by atoms with Crippen molar-refractivity contribution in [3.05, 3.63) is 42.0 Å². The van der Waals surface area contributed by atoms with Crippen molar-refractivity contribution in [2.75, 3.05) is 6.54 Å². The summed E-state index contributed by atoms with van der Waals surface area (Å²) < 4.78 is 0.826. The SMILES string of the molecule is O=CCN(Cl)C(=O)/C=C/c1ccccc1. The Morgan fingerprint density at radius 2 is 2.00 bits per heavy atom. The van der Waals surface area contributed by atoms with E-state index in [9.17, 15) is 9.59 Å². The molecule has 0 heterocycles. The van der Waals surface area contributed by atoms with Gasteiger partial charge < -0.3 is 4.79 Å². The van der Waals surface area contributed by atoms with E-state index in [1.807, 2.05) is 30.3 Å². The molecule has 0 aromatic heterocycles. The fourth-order valence-corrected chi connectivity index (χ4v) is 1.08. The number of hydrogen-bond donors (Lipinski definition) is 0. The molecule has 0 aliphatic carbocycles. The Balaban J connectivity index is 2.58. The molecule has 78 valence electrons. The van der Waals surface area contributed by atoms with E-state index >= 15 is 0 Å². The van der Waals surface area contributed by atoms with Crippen LogP contribution in [0.2, 0.25) is 0 Å². The molecule has 0 N–H and O–H groups in total. The Kier molecular flexibility index (Phi) is 4.57. The lowest BCUT2D eigenvalue weighted by atomic mass is 10.2. The van der Waals surface area contributed by atoms with Crippen molar-refractivity contribution in [3.63, 3.8) is 0 Å². The van der Waals surface area contributed by atoms with E-state index in [1.165, 1.54) is 6.08 Å². The van der Waals surface area contributed by atoms with E-state index in [1.54, 1.807) is 6.08 Å². The maximum atomic E-state index is 11.3. The first kappa shape index (κ1) is 11.5. The fraction of sp³-hybridized carbons (Fsp3) is 0.0909. The highest BCUT2D eigenvalue weighted by Gasteiger charge is 2.04. The molecular formula is C11H10ClNO2. The lowest BCUT2D eigenvalue weighted by Crippen LogP contribution is -2.20.